The van der Waals surface area contributed by atoms with Crippen LogP contribution in [0.4, 0.5) is 4.39 Å². The van der Waals surface area contributed by atoms with Crippen molar-refractivity contribution in [1.82, 2.24) is 0 Å². The quantitative estimate of drug-likeness (QED) is 0.906. The van der Waals surface area contributed by atoms with Crippen LogP contribution >= 0.6 is 15.9 Å². The molecule has 1 atom stereocenters. The zero-order chi connectivity index (χ0) is 14.1. The minimum absolute atomic E-state index is 0.101. The van der Waals surface area contributed by atoms with E-state index < -0.39 is 0 Å². The van der Waals surface area contributed by atoms with Gasteiger partial charge < -0.3 is 5.73 Å². The smallest absolute Gasteiger partial charge is 0.124 e. The molecule has 3 heteroatoms. The van der Waals surface area contributed by atoms with Crippen LogP contribution in [0.15, 0.2) is 46.9 Å². The average molecular weight is 334 g/mol. The third-order valence-corrected chi connectivity index (χ3v) is 4.90. The summed E-state index contributed by atoms with van der Waals surface area (Å²) in [6, 6.07) is 13.5. The molecule has 0 spiro atoms. The van der Waals surface area contributed by atoms with Crippen molar-refractivity contribution in [3.63, 3.8) is 0 Å². The first-order chi connectivity index (χ1) is 9.63. The summed E-state index contributed by atoms with van der Waals surface area (Å²) in [6.07, 6.45) is 2.88. The first kappa shape index (κ1) is 13.8. The van der Waals surface area contributed by atoms with Gasteiger partial charge in [-0.1, -0.05) is 46.3 Å². The maximum absolute atomic E-state index is 13.1. The largest absolute Gasteiger partial charge is 0.327 e. The van der Waals surface area contributed by atoms with Gasteiger partial charge in [0.15, 0.2) is 0 Å². The summed E-state index contributed by atoms with van der Waals surface area (Å²) < 4.78 is 13.9. The van der Waals surface area contributed by atoms with Crippen LogP contribution in [0.5, 0.6) is 0 Å². The van der Waals surface area contributed by atoms with Crippen molar-refractivity contribution in [2.75, 3.05) is 0 Å². The molecule has 0 amide bonds. The Morgan fingerprint density at radius 1 is 1.15 bits per heavy atom. The van der Waals surface area contributed by atoms with E-state index in [9.17, 15) is 4.39 Å². The minimum atomic E-state index is -0.220. The molecular weight excluding hydrogens is 317 g/mol. The molecule has 104 valence electrons. The highest BCUT2D eigenvalue weighted by Gasteiger charge is 2.26. The van der Waals surface area contributed by atoms with E-state index >= 15 is 0 Å². The molecule has 1 aliphatic carbocycles. The molecule has 2 aromatic carbocycles. The van der Waals surface area contributed by atoms with Crippen molar-refractivity contribution in [3.05, 3.63) is 69.4 Å². The molecule has 2 N–H and O–H groups in total. The van der Waals surface area contributed by atoms with Gasteiger partial charge in [-0.05, 0) is 54.0 Å². The molecule has 1 nitrogen and oxygen atoms in total. The van der Waals surface area contributed by atoms with E-state index in [1.165, 1.54) is 23.3 Å². The van der Waals surface area contributed by atoms with Crippen LogP contribution in [0.2, 0.25) is 0 Å². The Morgan fingerprint density at radius 3 is 2.40 bits per heavy atom. The Kier molecular flexibility index (Phi) is 3.90. The topological polar surface area (TPSA) is 26.0 Å². The second kappa shape index (κ2) is 5.66. The zero-order valence-electron chi connectivity index (χ0n) is 11.2. The third kappa shape index (κ3) is 2.79. The van der Waals surface area contributed by atoms with Crippen LogP contribution in [0.3, 0.4) is 0 Å². The molecule has 3 rings (SSSR count). The van der Waals surface area contributed by atoms with E-state index in [4.69, 9.17) is 5.73 Å². The molecule has 2 aromatic rings. The number of hydrogen-bond donors (Lipinski definition) is 1. The number of rotatable bonds is 3. The Morgan fingerprint density at radius 2 is 1.80 bits per heavy atom. The van der Waals surface area contributed by atoms with Gasteiger partial charge in [0.05, 0.1) is 0 Å². The number of hydrogen-bond acceptors (Lipinski definition) is 1. The second-order valence-corrected chi connectivity index (χ2v) is 6.40. The number of halogens is 2. The fourth-order valence-electron chi connectivity index (χ4n) is 3.00. The maximum atomic E-state index is 13.1. The molecule has 0 saturated carbocycles. The van der Waals surface area contributed by atoms with Crippen molar-refractivity contribution >= 4 is 15.9 Å². The van der Waals surface area contributed by atoms with E-state index in [1.54, 1.807) is 0 Å². The summed E-state index contributed by atoms with van der Waals surface area (Å²) in [6.45, 7) is 0. The first-order valence-corrected chi connectivity index (χ1v) is 7.69. The lowest BCUT2D eigenvalue weighted by Crippen LogP contribution is -2.32. The molecule has 0 aliphatic heterocycles. The van der Waals surface area contributed by atoms with Crippen molar-refractivity contribution in [1.29, 1.82) is 0 Å². The number of fused-ring (bicyclic) bond motifs is 1. The Labute approximate surface area is 127 Å². The van der Waals surface area contributed by atoms with Crippen molar-refractivity contribution in [2.24, 2.45) is 11.7 Å². The molecule has 0 bridgehead atoms. The molecule has 0 fully saturated rings. The van der Waals surface area contributed by atoms with Crippen molar-refractivity contribution in [2.45, 2.75) is 25.3 Å². The van der Waals surface area contributed by atoms with Gasteiger partial charge in [0.2, 0.25) is 0 Å². The van der Waals surface area contributed by atoms with Crippen LogP contribution < -0.4 is 5.73 Å². The predicted molar refractivity (Wildman–Crippen MR) is 83.1 cm³/mol. The van der Waals surface area contributed by atoms with Gasteiger partial charge in [-0.25, -0.2) is 4.39 Å². The van der Waals surface area contributed by atoms with E-state index in [1.807, 2.05) is 6.07 Å². The normalized spacial score (nSPS) is 16.1. The molecule has 0 saturated heterocycles. The van der Waals surface area contributed by atoms with Crippen molar-refractivity contribution < 1.29 is 4.39 Å². The molecular formula is C17H17BrFN. The van der Waals surface area contributed by atoms with Gasteiger partial charge in [-0.2, -0.15) is 0 Å². The third-order valence-electron chi connectivity index (χ3n) is 4.16. The fourth-order valence-corrected chi connectivity index (χ4v) is 3.52. The van der Waals surface area contributed by atoms with Crippen molar-refractivity contribution in [3.8, 4) is 0 Å². The summed E-state index contributed by atoms with van der Waals surface area (Å²) in [5.74, 6) is 0.256. The molecule has 0 heterocycles. The van der Waals surface area contributed by atoms with E-state index in [-0.39, 0.29) is 11.9 Å². The summed E-state index contributed by atoms with van der Waals surface area (Å²) in [5.41, 5.74) is 10.3. The van der Waals surface area contributed by atoms with Gasteiger partial charge in [0.25, 0.3) is 0 Å². The SMILES string of the molecule is NC(Cc1ccc(F)cc1Br)C1Cc2ccccc2C1. The standard InChI is InChI=1S/C17H17BrFN/c18-16-10-15(19)6-5-13(16)9-17(20)14-7-11-3-1-2-4-12(11)8-14/h1-6,10,14,17H,7-9,20H2. The fraction of sp³-hybridized carbons (Fsp3) is 0.294. The molecule has 0 aromatic heterocycles. The van der Waals surface area contributed by atoms with E-state index in [0.29, 0.717) is 5.92 Å². The van der Waals surface area contributed by atoms with Gasteiger partial charge in [-0.3, -0.25) is 0 Å². The summed E-state index contributed by atoms with van der Waals surface area (Å²) in [5, 5.41) is 0. The monoisotopic (exact) mass is 333 g/mol. The van der Waals surface area contributed by atoms with Crippen LogP contribution in [0, 0.1) is 11.7 Å². The minimum Gasteiger partial charge on any atom is -0.327 e. The summed E-state index contributed by atoms with van der Waals surface area (Å²) in [4.78, 5) is 0. The molecule has 0 radical (unpaired) electrons. The lowest BCUT2D eigenvalue weighted by Gasteiger charge is -2.19. The van der Waals surface area contributed by atoms with Crippen LogP contribution in [0.25, 0.3) is 0 Å². The first-order valence-electron chi connectivity index (χ1n) is 6.90. The second-order valence-electron chi connectivity index (χ2n) is 5.54. The lowest BCUT2D eigenvalue weighted by atomic mass is 9.92. The van der Waals surface area contributed by atoms with Gasteiger partial charge in [0, 0.05) is 10.5 Å². The van der Waals surface area contributed by atoms with E-state index in [0.717, 1.165) is 29.3 Å². The van der Waals surface area contributed by atoms with Gasteiger partial charge in [-0.15, -0.1) is 0 Å². The zero-order valence-corrected chi connectivity index (χ0v) is 12.7. The van der Waals surface area contributed by atoms with Crippen LogP contribution in [0.1, 0.15) is 16.7 Å². The van der Waals surface area contributed by atoms with E-state index in [2.05, 4.69) is 40.2 Å². The summed E-state index contributed by atoms with van der Waals surface area (Å²) >= 11 is 3.42. The van der Waals surface area contributed by atoms with Crippen LogP contribution in [-0.4, -0.2) is 6.04 Å². The highest BCUT2D eigenvalue weighted by atomic mass is 79.9. The molecule has 20 heavy (non-hydrogen) atoms. The average Bonchev–Trinajstić information content (AvgIpc) is 2.86. The molecule has 1 unspecified atom stereocenters. The Balaban J connectivity index is 1.70. The van der Waals surface area contributed by atoms with Gasteiger partial charge in [0.1, 0.15) is 5.82 Å². The van der Waals surface area contributed by atoms with Gasteiger partial charge >= 0.3 is 0 Å². The Hall–Kier alpha value is -1.19. The van der Waals surface area contributed by atoms with Crippen LogP contribution in [-0.2, 0) is 19.3 Å². The highest BCUT2D eigenvalue weighted by molar-refractivity contribution is 9.10. The number of nitrogens with two attached hydrogens (primary N) is 1. The Bertz CT molecular complexity index is 601. The maximum Gasteiger partial charge on any atom is 0.124 e. The highest BCUT2D eigenvalue weighted by Crippen LogP contribution is 2.30. The predicted octanol–water partition coefficient (Wildman–Crippen LogP) is 3.87. The summed E-state index contributed by atoms with van der Waals surface area (Å²) in [7, 11) is 0. The molecule has 1 aliphatic rings. The lowest BCUT2D eigenvalue weighted by molar-refractivity contribution is 0.436. The number of benzene rings is 2.